The topological polar surface area (TPSA) is 98.5 Å². The van der Waals surface area contributed by atoms with Crippen molar-refractivity contribution < 1.29 is 19.2 Å². The first-order chi connectivity index (χ1) is 11.8. The predicted molar refractivity (Wildman–Crippen MR) is 97.5 cm³/mol. The maximum Gasteiger partial charge on any atom is 0.328 e. The molecule has 1 aromatic rings. The highest BCUT2D eigenvalue weighted by Gasteiger charge is 2.22. The quantitative estimate of drug-likeness (QED) is 0.387. The molecular weight excluding hydrogens is 344 g/mol. The van der Waals surface area contributed by atoms with Crippen LogP contribution in [-0.2, 0) is 20.7 Å². The van der Waals surface area contributed by atoms with Crippen molar-refractivity contribution in [3.8, 4) is 0 Å². The standard InChI is InChI=1S/C17H24N2O5S/c1-12(2)11-24-17(21)15(7-8-25-3)18-16(20)10-13-5-4-6-14(9-13)19(22)23/h4-6,9,12,15H,7-8,10-11H2,1-3H3,(H,18,20)/t15-/m0/s1. The molecule has 25 heavy (non-hydrogen) atoms. The van der Waals surface area contributed by atoms with E-state index in [1.54, 1.807) is 17.8 Å². The zero-order valence-electron chi connectivity index (χ0n) is 14.7. The molecule has 1 amide bonds. The van der Waals surface area contributed by atoms with Gasteiger partial charge in [-0.1, -0.05) is 26.0 Å². The van der Waals surface area contributed by atoms with Gasteiger partial charge in [0.15, 0.2) is 0 Å². The molecule has 1 atom stereocenters. The van der Waals surface area contributed by atoms with Gasteiger partial charge in [-0.25, -0.2) is 4.79 Å². The minimum absolute atomic E-state index is 0.0328. The normalized spacial score (nSPS) is 11.8. The molecule has 8 heteroatoms. The van der Waals surface area contributed by atoms with Gasteiger partial charge in [-0.15, -0.1) is 0 Å². The lowest BCUT2D eigenvalue weighted by Gasteiger charge is -2.18. The third-order valence-corrected chi connectivity index (χ3v) is 3.92. The fourth-order valence-corrected chi connectivity index (χ4v) is 2.52. The van der Waals surface area contributed by atoms with E-state index in [0.29, 0.717) is 24.3 Å². The lowest BCUT2D eigenvalue weighted by atomic mass is 10.1. The summed E-state index contributed by atoms with van der Waals surface area (Å²) in [6.45, 7) is 4.17. The van der Waals surface area contributed by atoms with Crippen LogP contribution in [0.1, 0.15) is 25.8 Å². The number of hydrogen-bond donors (Lipinski definition) is 1. The van der Waals surface area contributed by atoms with Crippen molar-refractivity contribution in [1.29, 1.82) is 0 Å². The fourth-order valence-electron chi connectivity index (χ4n) is 2.04. The first-order valence-corrected chi connectivity index (χ1v) is 9.41. The zero-order valence-corrected chi connectivity index (χ0v) is 15.5. The average Bonchev–Trinajstić information content (AvgIpc) is 2.56. The van der Waals surface area contributed by atoms with Gasteiger partial charge in [0.25, 0.3) is 5.69 Å². The second kappa shape index (κ2) is 10.7. The molecule has 0 spiro atoms. The van der Waals surface area contributed by atoms with Gasteiger partial charge in [-0.05, 0) is 29.9 Å². The minimum atomic E-state index is -0.711. The van der Waals surface area contributed by atoms with Crippen molar-refractivity contribution in [1.82, 2.24) is 5.32 Å². The van der Waals surface area contributed by atoms with Crippen LogP contribution in [0.4, 0.5) is 5.69 Å². The number of nitro groups is 1. The predicted octanol–water partition coefficient (Wildman–Crippen LogP) is 2.57. The Labute approximate surface area is 151 Å². The van der Waals surface area contributed by atoms with E-state index in [2.05, 4.69) is 5.32 Å². The molecule has 0 radical (unpaired) electrons. The van der Waals surface area contributed by atoms with Crippen molar-refractivity contribution in [2.24, 2.45) is 5.92 Å². The fraction of sp³-hybridized carbons (Fsp3) is 0.529. The molecule has 0 aromatic heterocycles. The molecule has 0 aliphatic carbocycles. The number of amides is 1. The maximum absolute atomic E-state index is 12.2. The van der Waals surface area contributed by atoms with Gasteiger partial charge in [0.1, 0.15) is 6.04 Å². The van der Waals surface area contributed by atoms with Crippen LogP contribution in [0.25, 0.3) is 0 Å². The smallest absolute Gasteiger partial charge is 0.328 e. The molecule has 1 rings (SSSR count). The number of rotatable bonds is 10. The SMILES string of the molecule is CSCC[C@H](NC(=O)Cc1cccc([N+](=O)[O-])c1)C(=O)OCC(C)C. The molecule has 0 saturated heterocycles. The van der Waals surface area contributed by atoms with Gasteiger partial charge in [0.2, 0.25) is 5.91 Å². The van der Waals surface area contributed by atoms with Crippen molar-refractivity contribution in [2.45, 2.75) is 32.7 Å². The van der Waals surface area contributed by atoms with Gasteiger partial charge >= 0.3 is 5.97 Å². The Bertz CT molecular complexity index is 606. The highest BCUT2D eigenvalue weighted by molar-refractivity contribution is 7.98. The second-order valence-electron chi connectivity index (χ2n) is 6.03. The maximum atomic E-state index is 12.2. The summed E-state index contributed by atoms with van der Waals surface area (Å²) in [4.78, 5) is 34.6. The number of benzene rings is 1. The summed E-state index contributed by atoms with van der Waals surface area (Å²) in [6.07, 6.45) is 2.36. The van der Waals surface area contributed by atoms with Gasteiger partial charge in [0, 0.05) is 12.1 Å². The summed E-state index contributed by atoms with van der Waals surface area (Å²) < 4.78 is 5.21. The van der Waals surface area contributed by atoms with Crippen LogP contribution in [0.15, 0.2) is 24.3 Å². The lowest BCUT2D eigenvalue weighted by Crippen LogP contribution is -2.43. The van der Waals surface area contributed by atoms with Gasteiger partial charge in [0.05, 0.1) is 18.0 Å². The van der Waals surface area contributed by atoms with Gasteiger partial charge in [-0.3, -0.25) is 14.9 Å². The highest BCUT2D eigenvalue weighted by atomic mass is 32.2. The number of nitrogens with zero attached hydrogens (tertiary/aromatic N) is 1. The van der Waals surface area contributed by atoms with Crippen molar-refractivity contribution in [2.75, 3.05) is 18.6 Å². The van der Waals surface area contributed by atoms with E-state index < -0.39 is 16.9 Å². The van der Waals surface area contributed by atoms with E-state index >= 15 is 0 Å². The van der Waals surface area contributed by atoms with E-state index in [1.807, 2.05) is 20.1 Å². The number of carbonyl (C=O) groups excluding carboxylic acids is 2. The summed E-state index contributed by atoms with van der Waals surface area (Å²) in [5, 5.41) is 13.5. The lowest BCUT2D eigenvalue weighted by molar-refractivity contribution is -0.384. The summed E-state index contributed by atoms with van der Waals surface area (Å²) >= 11 is 1.57. The van der Waals surface area contributed by atoms with Crippen LogP contribution < -0.4 is 5.32 Å². The van der Waals surface area contributed by atoms with Crippen LogP contribution in [0, 0.1) is 16.0 Å². The molecule has 0 heterocycles. The van der Waals surface area contributed by atoms with Crippen LogP contribution in [0.3, 0.4) is 0 Å². The molecule has 0 aliphatic heterocycles. The van der Waals surface area contributed by atoms with E-state index in [-0.39, 0.29) is 23.9 Å². The number of ether oxygens (including phenoxy) is 1. The van der Waals surface area contributed by atoms with Crippen LogP contribution in [-0.4, -0.2) is 41.5 Å². The number of nitro benzene ring substituents is 1. The van der Waals surface area contributed by atoms with Gasteiger partial charge in [-0.2, -0.15) is 11.8 Å². The summed E-state index contributed by atoms with van der Waals surface area (Å²) in [7, 11) is 0. The summed E-state index contributed by atoms with van der Waals surface area (Å²) in [5.74, 6) is 0.104. The number of hydrogen-bond acceptors (Lipinski definition) is 6. The summed E-state index contributed by atoms with van der Waals surface area (Å²) in [5.41, 5.74) is 0.450. The Kier molecular flexibility index (Phi) is 8.98. The van der Waals surface area contributed by atoms with Crippen LogP contribution in [0.2, 0.25) is 0 Å². The van der Waals surface area contributed by atoms with Crippen molar-refractivity contribution in [3.05, 3.63) is 39.9 Å². The Balaban J connectivity index is 2.68. The zero-order chi connectivity index (χ0) is 18.8. The number of nitrogens with one attached hydrogen (secondary N) is 1. The molecule has 0 aliphatic rings. The van der Waals surface area contributed by atoms with Gasteiger partial charge < -0.3 is 10.1 Å². The van der Waals surface area contributed by atoms with Crippen molar-refractivity contribution in [3.63, 3.8) is 0 Å². The molecule has 138 valence electrons. The molecule has 7 nitrogen and oxygen atoms in total. The van der Waals surface area contributed by atoms with Crippen LogP contribution in [0.5, 0.6) is 0 Å². The Morgan fingerprint density at radius 1 is 1.36 bits per heavy atom. The van der Waals surface area contributed by atoms with Crippen molar-refractivity contribution >= 4 is 29.3 Å². The molecule has 0 unspecified atom stereocenters. The second-order valence-corrected chi connectivity index (χ2v) is 7.01. The molecule has 1 N–H and O–H groups in total. The average molecular weight is 368 g/mol. The number of non-ortho nitro benzene ring substituents is 1. The first-order valence-electron chi connectivity index (χ1n) is 8.01. The number of thioether (sulfide) groups is 1. The molecule has 0 saturated carbocycles. The third-order valence-electron chi connectivity index (χ3n) is 3.28. The summed E-state index contributed by atoms with van der Waals surface area (Å²) in [6, 6.07) is 5.18. The number of esters is 1. The van der Waals surface area contributed by atoms with E-state index in [1.165, 1.54) is 18.2 Å². The third kappa shape index (κ3) is 8.02. The van der Waals surface area contributed by atoms with E-state index in [4.69, 9.17) is 4.74 Å². The minimum Gasteiger partial charge on any atom is -0.464 e. The largest absolute Gasteiger partial charge is 0.464 e. The highest BCUT2D eigenvalue weighted by Crippen LogP contribution is 2.13. The molecule has 0 bridgehead atoms. The monoisotopic (exact) mass is 368 g/mol. The number of carbonyl (C=O) groups is 2. The molecule has 0 fully saturated rings. The first kappa shape index (κ1) is 21.0. The Hall–Kier alpha value is -2.09. The van der Waals surface area contributed by atoms with E-state index in [0.717, 1.165) is 0 Å². The molecular formula is C17H24N2O5S. The van der Waals surface area contributed by atoms with E-state index in [9.17, 15) is 19.7 Å². The Morgan fingerprint density at radius 2 is 2.08 bits per heavy atom. The van der Waals surface area contributed by atoms with Crippen LogP contribution >= 0.6 is 11.8 Å². The molecule has 1 aromatic carbocycles. The Morgan fingerprint density at radius 3 is 2.68 bits per heavy atom.